The number of nitriles is 1. The maximum atomic E-state index is 13.2. The van der Waals surface area contributed by atoms with Gasteiger partial charge in [-0.3, -0.25) is 5.32 Å². The molecule has 1 aromatic carbocycles. The number of hydrogen-bond donors (Lipinski definition) is 1. The number of carbonyl (C=O) groups is 1. The van der Waals surface area contributed by atoms with Crippen LogP contribution in [-0.2, 0) is 10.2 Å². The summed E-state index contributed by atoms with van der Waals surface area (Å²) in [5, 5.41) is 11.1. The number of ether oxygens (including phenoxy) is 1. The number of nitrogens with one attached hydrogen (secondary N) is 1. The van der Waals surface area contributed by atoms with Crippen LogP contribution in [0.3, 0.4) is 0 Å². The van der Waals surface area contributed by atoms with E-state index in [1.54, 1.807) is 26.8 Å². The number of rotatable bonds is 3. The van der Waals surface area contributed by atoms with Crippen LogP contribution in [-0.4, -0.2) is 17.9 Å². The second-order valence-corrected chi connectivity index (χ2v) is 6.37. The van der Waals surface area contributed by atoms with Gasteiger partial charge in [0, 0.05) is 5.69 Å². The molecule has 0 fully saturated rings. The van der Waals surface area contributed by atoms with Crippen molar-refractivity contribution in [3.8, 4) is 6.07 Å². The van der Waals surface area contributed by atoms with Gasteiger partial charge in [-0.1, -0.05) is 12.1 Å². The first-order chi connectivity index (χ1) is 10.4. The van der Waals surface area contributed by atoms with Crippen molar-refractivity contribution in [1.29, 1.82) is 5.26 Å². The Labute approximate surface area is 133 Å². The number of carbonyl (C=O) groups excluding carboxylic acids is 1. The highest BCUT2D eigenvalue weighted by atomic mass is 19.4. The van der Waals surface area contributed by atoms with Gasteiger partial charge in [0.25, 0.3) is 0 Å². The lowest BCUT2D eigenvalue weighted by atomic mass is 9.79. The Hall–Kier alpha value is -2.23. The van der Waals surface area contributed by atoms with Crippen molar-refractivity contribution >= 4 is 11.8 Å². The molecule has 0 aromatic heterocycles. The van der Waals surface area contributed by atoms with Crippen LogP contribution in [0.2, 0.25) is 0 Å². The molecule has 0 heterocycles. The molecule has 0 bridgehead atoms. The van der Waals surface area contributed by atoms with E-state index in [4.69, 9.17) is 10.00 Å². The summed E-state index contributed by atoms with van der Waals surface area (Å²) in [6, 6.07) is 6.77. The molecule has 0 spiro atoms. The predicted octanol–water partition coefficient (Wildman–Crippen LogP) is 4.77. The third-order valence-corrected chi connectivity index (χ3v) is 3.23. The van der Waals surface area contributed by atoms with Crippen LogP contribution in [0, 0.1) is 11.3 Å². The average Bonchev–Trinajstić information content (AvgIpc) is 2.36. The minimum atomic E-state index is -4.55. The highest BCUT2D eigenvalue weighted by Crippen LogP contribution is 2.43. The standard InChI is InChI=1S/C16H19F3N2O2/c1-14(2,3)23-13(22)21-12-7-5-11(6-8-12)15(4,9-10-20)16(17,18)19/h5-8H,9H2,1-4H3,(H,21,22). The fraction of sp³-hybridized carbons (Fsp3) is 0.500. The molecule has 1 aromatic rings. The number of hydrogen-bond acceptors (Lipinski definition) is 3. The fourth-order valence-corrected chi connectivity index (χ4v) is 1.87. The van der Waals surface area contributed by atoms with Gasteiger partial charge < -0.3 is 4.74 Å². The van der Waals surface area contributed by atoms with E-state index < -0.39 is 29.7 Å². The molecule has 1 unspecified atom stereocenters. The molecule has 7 heteroatoms. The summed E-state index contributed by atoms with van der Waals surface area (Å²) >= 11 is 0. The number of alkyl halides is 3. The molecule has 0 aliphatic carbocycles. The van der Waals surface area contributed by atoms with Crippen LogP contribution in [0.15, 0.2) is 24.3 Å². The Morgan fingerprint density at radius 1 is 1.17 bits per heavy atom. The lowest BCUT2D eigenvalue weighted by Gasteiger charge is -2.30. The minimum Gasteiger partial charge on any atom is -0.444 e. The summed E-state index contributed by atoms with van der Waals surface area (Å²) in [5.41, 5.74) is -2.66. The van der Waals surface area contributed by atoms with Crippen molar-refractivity contribution in [2.24, 2.45) is 0 Å². The predicted molar refractivity (Wildman–Crippen MR) is 79.9 cm³/mol. The summed E-state index contributed by atoms with van der Waals surface area (Å²) in [6.45, 7) is 6.08. The summed E-state index contributed by atoms with van der Waals surface area (Å²) in [7, 11) is 0. The zero-order valence-electron chi connectivity index (χ0n) is 13.4. The monoisotopic (exact) mass is 328 g/mol. The van der Waals surface area contributed by atoms with E-state index in [1.165, 1.54) is 24.3 Å². The number of nitrogens with zero attached hydrogens (tertiary/aromatic N) is 1. The first-order valence-corrected chi connectivity index (χ1v) is 6.93. The Morgan fingerprint density at radius 2 is 1.70 bits per heavy atom. The van der Waals surface area contributed by atoms with E-state index in [0.29, 0.717) is 5.69 Å². The lowest BCUT2D eigenvalue weighted by molar-refractivity contribution is -0.184. The van der Waals surface area contributed by atoms with E-state index in [0.717, 1.165) is 6.92 Å². The molecule has 1 amide bonds. The highest BCUT2D eigenvalue weighted by molar-refractivity contribution is 5.84. The summed E-state index contributed by atoms with van der Waals surface area (Å²) in [4.78, 5) is 11.6. The zero-order valence-corrected chi connectivity index (χ0v) is 13.4. The van der Waals surface area contributed by atoms with Crippen molar-refractivity contribution in [2.75, 3.05) is 5.32 Å². The Bertz CT molecular complexity index is 598. The van der Waals surface area contributed by atoms with Gasteiger partial charge in [0.05, 0.1) is 12.5 Å². The molecule has 23 heavy (non-hydrogen) atoms. The summed E-state index contributed by atoms with van der Waals surface area (Å²) in [6.07, 6.45) is -5.93. The van der Waals surface area contributed by atoms with Gasteiger partial charge in [-0.05, 0) is 45.4 Å². The maximum absolute atomic E-state index is 13.2. The second kappa shape index (κ2) is 6.49. The van der Waals surface area contributed by atoms with Crippen molar-refractivity contribution in [3.63, 3.8) is 0 Å². The van der Waals surface area contributed by atoms with E-state index in [-0.39, 0.29) is 5.56 Å². The van der Waals surface area contributed by atoms with Crippen molar-refractivity contribution in [3.05, 3.63) is 29.8 Å². The highest BCUT2D eigenvalue weighted by Gasteiger charge is 2.52. The third-order valence-electron chi connectivity index (χ3n) is 3.23. The van der Waals surface area contributed by atoms with Crippen LogP contribution in [0.4, 0.5) is 23.7 Å². The van der Waals surface area contributed by atoms with E-state index >= 15 is 0 Å². The van der Waals surface area contributed by atoms with Gasteiger partial charge in [-0.2, -0.15) is 18.4 Å². The summed E-state index contributed by atoms with van der Waals surface area (Å²) < 4.78 is 44.8. The number of amides is 1. The Kier molecular flexibility index (Phi) is 5.31. The molecular weight excluding hydrogens is 309 g/mol. The normalized spacial score (nSPS) is 14.5. The molecule has 1 N–H and O–H groups in total. The molecular formula is C16H19F3N2O2. The summed E-state index contributed by atoms with van der Waals surface area (Å²) in [5.74, 6) is 0. The van der Waals surface area contributed by atoms with E-state index in [1.807, 2.05) is 0 Å². The average molecular weight is 328 g/mol. The SMILES string of the molecule is CC(C)(C)OC(=O)Nc1ccc(C(C)(CC#N)C(F)(F)F)cc1. The molecule has 0 aliphatic rings. The van der Waals surface area contributed by atoms with Crippen LogP contribution < -0.4 is 5.32 Å². The van der Waals surface area contributed by atoms with Crippen molar-refractivity contribution in [2.45, 2.75) is 51.3 Å². The number of halogens is 3. The third kappa shape index (κ3) is 4.88. The van der Waals surface area contributed by atoms with E-state index in [2.05, 4.69) is 5.32 Å². The van der Waals surface area contributed by atoms with Crippen LogP contribution >= 0.6 is 0 Å². The molecule has 4 nitrogen and oxygen atoms in total. The van der Waals surface area contributed by atoms with Crippen LogP contribution in [0.25, 0.3) is 0 Å². The van der Waals surface area contributed by atoms with Gasteiger partial charge in [0.1, 0.15) is 11.0 Å². The number of benzene rings is 1. The maximum Gasteiger partial charge on any atom is 0.412 e. The van der Waals surface area contributed by atoms with Gasteiger partial charge in [0.2, 0.25) is 0 Å². The molecule has 0 saturated heterocycles. The van der Waals surface area contributed by atoms with Gasteiger partial charge in [0.15, 0.2) is 0 Å². The Balaban J connectivity index is 2.96. The van der Waals surface area contributed by atoms with Gasteiger partial charge >= 0.3 is 12.3 Å². The molecule has 1 rings (SSSR count). The van der Waals surface area contributed by atoms with Crippen LogP contribution in [0.5, 0.6) is 0 Å². The lowest BCUT2D eigenvalue weighted by Crippen LogP contribution is -2.39. The largest absolute Gasteiger partial charge is 0.444 e. The topological polar surface area (TPSA) is 62.1 Å². The molecule has 0 saturated carbocycles. The molecule has 0 radical (unpaired) electrons. The Morgan fingerprint density at radius 3 is 2.09 bits per heavy atom. The van der Waals surface area contributed by atoms with Crippen molar-refractivity contribution < 1.29 is 22.7 Å². The fourth-order valence-electron chi connectivity index (χ4n) is 1.87. The smallest absolute Gasteiger partial charge is 0.412 e. The van der Waals surface area contributed by atoms with Crippen LogP contribution in [0.1, 0.15) is 39.7 Å². The quantitative estimate of drug-likeness (QED) is 0.869. The molecule has 1 atom stereocenters. The van der Waals surface area contributed by atoms with Crippen molar-refractivity contribution in [1.82, 2.24) is 0 Å². The van der Waals surface area contributed by atoms with E-state index in [9.17, 15) is 18.0 Å². The molecule has 126 valence electrons. The zero-order chi connectivity index (χ0) is 17.9. The minimum absolute atomic E-state index is 0.0405. The first-order valence-electron chi connectivity index (χ1n) is 6.93. The van der Waals surface area contributed by atoms with Gasteiger partial charge in [-0.15, -0.1) is 0 Å². The number of anilines is 1. The van der Waals surface area contributed by atoms with Gasteiger partial charge in [-0.25, -0.2) is 4.79 Å². The second-order valence-electron chi connectivity index (χ2n) is 6.37. The first kappa shape index (κ1) is 18.8. The molecule has 0 aliphatic heterocycles.